The first-order valence-corrected chi connectivity index (χ1v) is 4.30. The van der Waals surface area contributed by atoms with E-state index in [2.05, 4.69) is 4.99 Å². The van der Waals surface area contributed by atoms with Crippen LogP contribution in [0.1, 0.15) is 12.5 Å². The minimum absolute atomic E-state index is 0.316. The molecular formula is C10H9F2NO2. The zero-order valence-corrected chi connectivity index (χ0v) is 8.04. The maximum absolute atomic E-state index is 13.1. The Morgan fingerprint density at radius 2 is 2.27 bits per heavy atom. The van der Waals surface area contributed by atoms with Gasteiger partial charge in [-0.15, -0.1) is 4.99 Å². The second-order valence-corrected chi connectivity index (χ2v) is 2.71. The summed E-state index contributed by atoms with van der Waals surface area (Å²) in [6, 6.07) is 1.73. The molecule has 1 rings (SSSR count). The van der Waals surface area contributed by atoms with Crippen LogP contribution in [0.4, 0.5) is 8.78 Å². The first kappa shape index (κ1) is 11.3. The van der Waals surface area contributed by atoms with Crippen LogP contribution in [0.5, 0.6) is 5.75 Å². The van der Waals surface area contributed by atoms with E-state index >= 15 is 0 Å². The summed E-state index contributed by atoms with van der Waals surface area (Å²) in [5, 5.41) is 0. The van der Waals surface area contributed by atoms with Crippen molar-refractivity contribution in [3.05, 3.63) is 29.8 Å². The summed E-state index contributed by atoms with van der Waals surface area (Å²) < 4.78 is 31.2. The number of alkyl halides is 2. The zero-order valence-electron chi connectivity index (χ0n) is 8.04. The summed E-state index contributed by atoms with van der Waals surface area (Å²) in [6.07, 6.45) is 0.842. The SMILES string of the molecule is CCOc1cccc(C(F)(F)N=C=O)c1. The van der Waals surface area contributed by atoms with Crippen molar-refractivity contribution in [2.24, 2.45) is 4.99 Å². The molecule has 0 spiro atoms. The number of halogens is 2. The maximum atomic E-state index is 13.1. The van der Waals surface area contributed by atoms with Crippen molar-refractivity contribution in [1.82, 2.24) is 0 Å². The van der Waals surface area contributed by atoms with Crippen molar-refractivity contribution in [2.45, 2.75) is 13.0 Å². The van der Waals surface area contributed by atoms with Crippen molar-refractivity contribution < 1.29 is 18.3 Å². The Kier molecular flexibility index (Phi) is 3.52. The molecule has 15 heavy (non-hydrogen) atoms. The molecule has 0 aliphatic carbocycles. The topological polar surface area (TPSA) is 38.7 Å². The van der Waals surface area contributed by atoms with E-state index < -0.39 is 11.6 Å². The molecule has 0 aliphatic heterocycles. The average molecular weight is 213 g/mol. The molecule has 0 atom stereocenters. The smallest absolute Gasteiger partial charge is 0.379 e. The van der Waals surface area contributed by atoms with E-state index in [1.165, 1.54) is 12.1 Å². The molecule has 0 heterocycles. The van der Waals surface area contributed by atoms with E-state index in [-0.39, 0.29) is 0 Å². The second-order valence-electron chi connectivity index (χ2n) is 2.71. The largest absolute Gasteiger partial charge is 0.494 e. The number of ether oxygens (including phenoxy) is 1. The molecule has 0 saturated heterocycles. The van der Waals surface area contributed by atoms with Gasteiger partial charge in [0.2, 0.25) is 6.08 Å². The Bertz CT molecular complexity index is 387. The van der Waals surface area contributed by atoms with Gasteiger partial charge in [-0.25, -0.2) is 4.79 Å². The first-order chi connectivity index (χ1) is 7.10. The molecule has 0 fully saturated rings. The third kappa shape index (κ3) is 2.86. The third-order valence-electron chi connectivity index (χ3n) is 1.68. The van der Waals surface area contributed by atoms with E-state index in [9.17, 15) is 13.6 Å². The molecule has 3 nitrogen and oxygen atoms in total. The summed E-state index contributed by atoms with van der Waals surface area (Å²) in [5.74, 6) is 0.316. The summed E-state index contributed by atoms with van der Waals surface area (Å²) >= 11 is 0. The van der Waals surface area contributed by atoms with Crippen molar-refractivity contribution in [2.75, 3.05) is 6.61 Å². The van der Waals surface area contributed by atoms with Gasteiger partial charge in [-0.05, 0) is 19.1 Å². The van der Waals surface area contributed by atoms with Gasteiger partial charge in [0.25, 0.3) is 0 Å². The van der Waals surface area contributed by atoms with Gasteiger partial charge in [0, 0.05) is 5.56 Å². The van der Waals surface area contributed by atoms with Crippen LogP contribution in [0.2, 0.25) is 0 Å². The van der Waals surface area contributed by atoms with E-state index in [0.29, 0.717) is 12.4 Å². The maximum Gasteiger partial charge on any atom is 0.379 e. The Morgan fingerprint density at radius 1 is 1.53 bits per heavy atom. The zero-order chi connectivity index (χ0) is 11.3. The number of rotatable bonds is 4. The molecule has 0 bridgehead atoms. The highest BCUT2D eigenvalue weighted by atomic mass is 19.3. The molecular weight excluding hydrogens is 204 g/mol. The van der Waals surface area contributed by atoms with Gasteiger partial charge in [0.15, 0.2) is 0 Å². The van der Waals surface area contributed by atoms with E-state index in [4.69, 9.17) is 4.74 Å². The standard InChI is InChI=1S/C10H9F2NO2/c1-2-15-9-5-3-4-8(6-9)10(11,12)13-7-14/h3-6H,2H2,1H3. The summed E-state index contributed by atoms with van der Waals surface area (Å²) in [7, 11) is 0. The molecule has 0 N–H and O–H groups in total. The van der Waals surface area contributed by atoms with E-state index in [1.807, 2.05) is 0 Å². The minimum Gasteiger partial charge on any atom is -0.494 e. The fourth-order valence-electron chi connectivity index (χ4n) is 1.06. The van der Waals surface area contributed by atoms with Crippen LogP contribution in [0.3, 0.4) is 0 Å². The van der Waals surface area contributed by atoms with Crippen molar-refractivity contribution in [3.63, 3.8) is 0 Å². The molecule has 0 amide bonds. The molecule has 1 aromatic carbocycles. The molecule has 0 aromatic heterocycles. The number of nitrogens with zero attached hydrogens (tertiary/aromatic N) is 1. The van der Waals surface area contributed by atoms with Gasteiger partial charge >= 0.3 is 6.05 Å². The Balaban J connectivity index is 3.04. The highest BCUT2D eigenvalue weighted by Gasteiger charge is 2.31. The molecule has 0 radical (unpaired) electrons. The lowest BCUT2D eigenvalue weighted by molar-refractivity contribution is 0.00593. The number of hydrogen-bond donors (Lipinski definition) is 0. The third-order valence-corrected chi connectivity index (χ3v) is 1.68. The van der Waals surface area contributed by atoms with Crippen molar-refractivity contribution in [3.8, 4) is 5.75 Å². The minimum atomic E-state index is -3.55. The van der Waals surface area contributed by atoms with Gasteiger partial charge in [-0.3, -0.25) is 0 Å². The quantitative estimate of drug-likeness (QED) is 0.437. The lowest BCUT2D eigenvalue weighted by Crippen LogP contribution is -2.09. The fourth-order valence-corrected chi connectivity index (χ4v) is 1.06. The second kappa shape index (κ2) is 4.66. The first-order valence-electron chi connectivity index (χ1n) is 4.30. The van der Waals surface area contributed by atoms with Crippen LogP contribution in [0.15, 0.2) is 29.3 Å². The summed E-state index contributed by atoms with van der Waals surface area (Å²) in [5.41, 5.74) is -0.392. The van der Waals surface area contributed by atoms with Crippen LogP contribution in [0.25, 0.3) is 0 Å². The summed E-state index contributed by atoms with van der Waals surface area (Å²) in [4.78, 5) is 12.2. The number of carbonyl (C=O) groups excluding carboxylic acids is 1. The van der Waals surface area contributed by atoms with Crippen LogP contribution in [0, 0.1) is 0 Å². The number of aliphatic imine (C=N–C) groups is 1. The highest BCUT2D eigenvalue weighted by molar-refractivity contribution is 5.37. The van der Waals surface area contributed by atoms with Crippen molar-refractivity contribution >= 4 is 6.08 Å². The normalized spacial score (nSPS) is 10.6. The molecule has 0 saturated carbocycles. The van der Waals surface area contributed by atoms with Gasteiger partial charge in [-0.1, -0.05) is 12.1 Å². The monoisotopic (exact) mass is 213 g/mol. The lowest BCUT2D eigenvalue weighted by Gasteiger charge is -2.10. The van der Waals surface area contributed by atoms with Gasteiger partial charge in [0.05, 0.1) is 6.61 Å². The molecule has 0 unspecified atom stereocenters. The highest BCUT2D eigenvalue weighted by Crippen LogP contribution is 2.30. The summed E-state index contributed by atoms with van der Waals surface area (Å²) in [6.45, 7) is 2.13. The fraction of sp³-hybridized carbons (Fsp3) is 0.300. The van der Waals surface area contributed by atoms with Gasteiger partial charge in [-0.2, -0.15) is 8.78 Å². The van der Waals surface area contributed by atoms with Gasteiger partial charge < -0.3 is 4.74 Å². The van der Waals surface area contributed by atoms with Crippen molar-refractivity contribution in [1.29, 1.82) is 0 Å². The Morgan fingerprint density at radius 3 is 2.87 bits per heavy atom. The molecule has 5 heteroatoms. The van der Waals surface area contributed by atoms with Crippen LogP contribution in [-0.4, -0.2) is 12.7 Å². The molecule has 1 aromatic rings. The lowest BCUT2D eigenvalue weighted by atomic mass is 10.2. The van der Waals surface area contributed by atoms with Gasteiger partial charge in [0.1, 0.15) is 5.75 Å². The average Bonchev–Trinajstić information content (AvgIpc) is 2.19. The number of isocyanates is 1. The number of benzene rings is 1. The number of hydrogen-bond acceptors (Lipinski definition) is 3. The van der Waals surface area contributed by atoms with Crippen LogP contribution < -0.4 is 4.74 Å². The molecule has 0 aliphatic rings. The van der Waals surface area contributed by atoms with Crippen LogP contribution >= 0.6 is 0 Å². The molecule has 80 valence electrons. The van der Waals surface area contributed by atoms with E-state index in [1.54, 1.807) is 13.0 Å². The van der Waals surface area contributed by atoms with E-state index in [0.717, 1.165) is 12.1 Å². The Hall–Kier alpha value is -1.74. The Labute approximate surface area is 85.4 Å². The predicted octanol–water partition coefficient (Wildman–Crippen LogP) is 2.47. The van der Waals surface area contributed by atoms with Crippen LogP contribution in [-0.2, 0) is 10.8 Å². The predicted molar refractivity (Wildman–Crippen MR) is 49.6 cm³/mol.